The van der Waals surface area contributed by atoms with Crippen molar-refractivity contribution in [1.82, 2.24) is 5.32 Å². The number of anilines is 1. The van der Waals surface area contributed by atoms with E-state index in [-0.39, 0.29) is 5.97 Å². The zero-order valence-corrected chi connectivity index (χ0v) is 19.8. The van der Waals surface area contributed by atoms with Crippen LogP contribution in [-0.4, -0.2) is 24.2 Å². The van der Waals surface area contributed by atoms with Gasteiger partial charge < -0.3 is 15.4 Å². The van der Waals surface area contributed by atoms with Crippen LogP contribution in [0.15, 0.2) is 36.4 Å². The first-order valence-electron chi connectivity index (χ1n) is 11.3. The molecule has 0 radical (unpaired) electrons. The summed E-state index contributed by atoms with van der Waals surface area (Å²) in [6.07, 6.45) is 8.32. The molecule has 4 fully saturated rings. The number of thiocarbonyl (C=S) groups is 1. The van der Waals surface area contributed by atoms with Crippen LogP contribution in [-0.2, 0) is 4.74 Å². The average molecular weight is 455 g/mol. The van der Waals surface area contributed by atoms with Gasteiger partial charge in [-0.25, -0.2) is 4.79 Å². The van der Waals surface area contributed by atoms with E-state index in [2.05, 4.69) is 17.6 Å². The van der Waals surface area contributed by atoms with Crippen molar-refractivity contribution in [2.24, 2.45) is 23.2 Å². The van der Waals surface area contributed by atoms with Crippen molar-refractivity contribution in [3.05, 3.63) is 42.0 Å². The lowest BCUT2D eigenvalue weighted by atomic mass is 9.48. The molecule has 1 heterocycles. The maximum atomic E-state index is 12.4. The minimum absolute atomic E-state index is 0.330. The van der Waals surface area contributed by atoms with Gasteiger partial charge in [0.15, 0.2) is 5.11 Å². The molecule has 4 saturated carbocycles. The van der Waals surface area contributed by atoms with Gasteiger partial charge in [0.1, 0.15) is 5.00 Å². The second kappa shape index (κ2) is 8.21. The van der Waals surface area contributed by atoms with Crippen LogP contribution in [0, 0.1) is 23.2 Å². The average Bonchev–Trinajstić information content (AvgIpc) is 3.16. The lowest BCUT2D eigenvalue weighted by Gasteiger charge is -2.59. The van der Waals surface area contributed by atoms with Crippen LogP contribution in [0.5, 0.6) is 0 Å². The molecule has 31 heavy (non-hydrogen) atoms. The van der Waals surface area contributed by atoms with Crippen molar-refractivity contribution in [2.75, 3.05) is 12.4 Å². The summed E-state index contributed by atoms with van der Waals surface area (Å²) in [5.41, 5.74) is 1.97. The summed E-state index contributed by atoms with van der Waals surface area (Å²) in [4.78, 5) is 13.4. The number of rotatable bonds is 5. The van der Waals surface area contributed by atoms with Crippen LogP contribution >= 0.6 is 23.6 Å². The molecule has 4 bridgehead atoms. The summed E-state index contributed by atoms with van der Waals surface area (Å²) in [6, 6.07) is 12.3. The highest BCUT2D eigenvalue weighted by atomic mass is 32.1. The van der Waals surface area contributed by atoms with Gasteiger partial charge in [-0.3, -0.25) is 0 Å². The van der Waals surface area contributed by atoms with E-state index in [0.29, 0.717) is 22.1 Å². The van der Waals surface area contributed by atoms with Gasteiger partial charge in [-0.2, -0.15) is 0 Å². The SMILES string of the molecule is COC(=O)c1cc(-c2ccccc2)sc1NC(=S)NC(C)C12CC3CC(CC(C3)C1)C2. The summed E-state index contributed by atoms with van der Waals surface area (Å²) in [6.45, 7) is 2.30. The van der Waals surface area contributed by atoms with E-state index < -0.39 is 0 Å². The number of methoxy groups -OCH3 is 1. The summed E-state index contributed by atoms with van der Waals surface area (Å²) in [5, 5.41) is 8.24. The van der Waals surface area contributed by atoms with Gasteiger partial charge in [0, 0.05) is 10.9 Å². The number of ether oxygens (including phenoxy) is 1. The minimum atomic E-state index is -0.349. The van der Waals surface area contributed by atoms with Crippen molar-refractivity contribution >= 4 is 39.6 Å². The zero-order valence-electron chi connectivity index (χ0n) is 18.1. The molecule has 1 atom stereocenters. The lowest BCUT2D eigenvalue weighted by Crippen LogP contribution is -2.56. The smallest absolute Gasteiger partial charge is 0.340 e. The van der Waals surface area contributed by atoms with E-state index >= 15 is 0 Å². The highest BCUT2D eigenvalue weighted by molar-refractivity contribution is 7.80. The topological polar surface area (TPSA) is 50.4 Å². The zero-order chi connectivity index (χ0) is 21.6. The molecule has 1 unspecified atom stereocenters. The molecule has 6 heteroatoms. The van der Waals surface area contributed by atoms with Crippen molar-refractivity contribution in [3.8, 4) is 10.4 Å². The fourth-order valence-electron chi connectivity index (χ4n) is 6.69. The first-order valence-corrected chi connectivity index (χ1v) is 12.5. The highest BCUT2D eigenvalue weighted by Gasteiger charge is 2.53. The first-order chi connectivity index (χ1) is 15.0. The highest BCUT2D eigenvalue weighted by Crippen LogP contribution is 2.61. The largest absolute Gasteiger partial charge is 0.465 e. The first kappa shape index (κ1) is 21.0. The maximum absolute atomic E-state index is 12.4. The van der Waals surface area contributed by atoms with Crippen LogP contribution in [0.4, 0.5) is 5.00 Å². The van der Waals surface area contributed by atoms with E-state index in [9.17, 15) is 4.79 Å². The second-order valence-corrected chi connectivity index (χ2v) is 11.3. The van der Waals surface area contributed by atoms with Crippen LogP contribution in [0.25, 0.3) is 10.4 Å². The Labute approximate surface area is 193 Å². The van der Waals surface area contributed by atoms with Crippen LogP contribution in [0.3, 0.4) is 0 Å². The summed E-state index contributed by atoms with van der Waals surface area (Å²) in [7, 11) is 1.41. The number of benzene rings is 1. The van der Waals surface area contributed by atoms with E-state index in [0.717, 1.165) is 33.2 Å². The van der Waals surface area contributed by atoms with Crippen molar-refractivity contribution in [1.29, 1.82) is 0 Å². The molecule has 0 amide bonds. The summed E-state index contributed by atoms with van der Waals surface area (Å²) >= 11 is 7.24. The van der Waals surface area contributed by atoms with E-state index in [1.165, 1.54) is 57.0 Å². The van der Waals surface area contributed by atoms with Crippen molar-refractivity contribution < 1.29 is 9.53 Å². The van der Waals surface area contributed by atoms with Gasteiger partial charge in [-0.15, -0.1) is 11.3 Å². The van der Waals surface area contributed by atoms with E-state index in [4.69, 9.17) is 17.0 Å². The van der Waals surface area contributed by atoms with Gasteiger partial charge in [0.05, 0.1) is 12.7 Å². The summed E-state index contributed by atoms with van der Waals surface area (Å²) in [5.74, 6) is 2.38. The number of carbonyl (C=O) groups is 1. The molecule has 4 aliphatic rings. The van der Waals surface area contributed by atoms with Crippen LogP contribution < -0.4 is 10.6 Å². The minimum Gasteiger partial charge on any atom is -0.465 e. The Kier molecular flexibility index (Phi) is 5.55. The van der Waals surface area contributed by atoms with Crippen molar-refractivity contribution in [2.45, 2.75) is 51.5 Å². The number of hydrogen-bond donors (Lipinski definition) is 2. The van der Waals surface area contributed by atoms with E-state index in [1.54, 1.807) is 0 Å². The predicted molar refractivity (Wildman–Crippen MR) is 131 cm³/mol. The maximum Gasteiger partial charge on any atom is 0.340 e. The van der Waals surface area contributed by atoms with Gasteiger partial charge in [-0.05, 0) is 92.5 Å². The quantitative estimate of drug-likeness (QED) is 0.423. The number of nitrogens with one attached hydrogen (secondary N) is 2. The van der Waals surface area contributed by atoms with E-state index in [1.807, 2.05) is 36.4 Å². The number of hydrogen-bond acceptors (Lipinski definition) is 4. The molecule has 4 aliphatic carbocycles. The lowest BCUT2D eigenvalue weighted by molar-refractivity contribution is -0.0671. The molecular weight excluding hydrogens is 424 g/mol. The van der Waals surface area contributed by atoms with Gasteiger partial charge in [0.2, 0.25) is 0 Å². The third kappa shape index (κ3) is 4.00. The van der Waals surface area contributed by atoms with Gasteiger partial charge in [0.25, 0.3) is 0 Å². The Morgan fingerprint density at radius 3 is 2.32 bits per heavy atom. The molecule has 0 spiro atoms. The monoisotopic (exact) mass is 454 g/mol. The molecule has 164 valence electrons. The molecule has 0 aliphatic heterocycles. The third-order valence-electron chi connectivity index (χ3n) is 7.77. The molecule has 2 aromatic rings. The number of esters is 1. The normalized spacial score (nSPS) is 29.4. The Morgan fingerprint density at radius 2 is 1.74 bits per heavy atom. The van der Waals surface area contributed by atoms with Crippen LogP contribution in [0.2, 0.25) is 0 Å². The summed E-state index contributed by atoms with van der Waals surface area (Å²) < 4.78 is 5.02. The Hall–Kier alpha value is -1.92. The Balaban J connectivity index is 1.32. The molecule has 1 aromatic heterocycles. The number of carbonyl (C=O) groups excluding carboxylic acids is 1. The molecule has 4 nitrogen and oxygen atoms in total. The number of thiophene rings is 1. The van der Waals surface area contributed by atoms with Crippen LogP contribution in [0.1, 0.15) is 55.8 Å². The molecule has 6 rings (SSSR count). The predicted octanol–water partition coefficient (Wildman–Crippen LogP) is 6.09. The fourth-order valence-corrected chi connectivity index (χ4v) is 8.09. The molecule has 1 aromatic carbocycles. The third-order valence-corrected chi connectivity index (χ3v) is 9.09. The van der Waals surface area contributed by atoms with Crippen molar-refractivity contribution in [3.63, 3.8) is 0 Å². The standard InChI is InChI=1S/C25H30N2O2S2/c1-15(25-12-16-8-17(13-25)10-18(9-16)14-25)26-24(30)27-22-20(23(28)29-2)11-21(31-22)19-6-4-3-5-7-19/h3-7,11,15-18H,8-10,12-14H2,1-2H3,(H2,26,27,30). The Morgan fingerprint density at radius 1 is 1.13 bits per heavy atom. The molecule has 0 saturated heterocycles. The fraction of sp³-hybridized carbons (Fsp3) is 0.520. The Bertz CT molecular complexity index is 949. The molecule has 2 N–H and O–H groups in total. The van der Waals surface area contributed by atoms with Gasteiger partial charge >= 0.3 is 5.97 Å². The molecular formula is C25H30N2O2S2. The van der Waals surface area contributed by atoms with Gasteiger partial charge in [-0.1, -0.05) is 30.3 Å². The second-order valence-electron chi connectivity index (χ2n) is 9.81.